The van der Waals surface area contributed by atoms with Crippen molar-refractivity contribution in [3.8, 4) is 10.6 Å². The first-order valence-corrected chi connectivity index (χ1v) is 8.62. The number of hydrogen-bond acceptors (Lipinski definition) is 4. The molecule has 0 aliphatic heterocycles. The highest BCUT2D eigenvalue weighted by Crippen LogP contribution is 2.27. The Bertz CT molecular complexity index is 843. The fraction of sp³-hybridized carbons (Fsp3) is 0.211. The highest BCUT2D eigenvalue weighted by atomic mass is 32.1. The van der Waals surface area contributed by atoms with Crippen LogP contribution in [0.2, 0.25) is 0 Å². The zero-order chi connectivity index (χ0) is 16.9. The maximum absolute atomic E-state index is 12.1. The molecular weight excluding hydrogens is 318 g/mol. The Hall–Kier alpha value is -2.53. The van der Waals surface area contributed by atoms with E-state index in [1.54, 1.807) is 23.7 Å². The Balaban J connectivity index is 1.62. The molecule has 1 aromatic carbocycles. The van der Waals surface area contributed by atoms with Gasteiger partial charge in [0.05, 0.1) is 18.7 Å². The molecule has 3 rings (SSSR count). The van der Waals surface area contributed by atoms with Gasteiger partial charge in [0.15, 0.2) is 0 Å². The summed E-state index contributed by atoms with van der Waals surface area (Å²) in [7, 11) is 0. The minimum absolute atomic E-state index is 0.0244. The van der Waals surface area contributed by atoms with E-state index in [4.69, 9.17) is 0 Å². The summed E-state index contributed by atoms with van der Waals surface area (Å²) in [5.74, 6) is 0.0244. The van der Waals surface area contributed by atoms with Crippen molar-refractivity contribution in [2.45, 2.75) is 26.8 Å². The minimum Gasteiger partial charge on any atom is -0.351 e. The van der Waals surface area contributed by atoms with Crippen molar-refractivity contribution in [1.82, 2.24) is 15.3 Å². The van der Waals surface area contributed by atoms with E-state index in [9.17, 15) is 4.79 Å². The van der Waals surface area contributed by atoms with Crippen molar-refractivity contribution in [3.63, 3.8) is 0 Å². The molecule has 1 amide bonds. The number of thiazole rings is 1. The quantitative estimate of drug-likeness (QED) is 0.773. The molecule has 122 valence electrons. The van der Waals surface area contributed by atoms with Crippen LogP contribution in [0.4, 0.5) is 0 Å². The zero-order valence-electron chi connectivity index (χ0n) is 13.7. The molecule has 0 aliphatic rings. The summed E-state index contributed by atoms with van der Waals surface area (Å²) < 4.78 is 0. The number of aryl methyl sites for hydroxylation is 2. The summed E-state index contributed by atoms with van der Waals surface area (Å²) in [5.41, 5.74) is 4.15. The lowest BCUT2D eigenvalue weighted by Crippen LogP contribution is -2.24. The van der Waals surface area contributed by atoms with E-state index in [1.807, 2.05) is 50.2 Å². The van der Waals surface area contributed by atoms with Crippen LogP contribution < -0.4 is 5.32 Å². The summed E-state index contributed by atoms with van der Waals surface area (Å²) in [6.45, 7) is 4.51. The molecule has 0 atom stereocenters. The fourth-order valence-corrected chi connectivity index (χ4v) is 3.45. The van der Waals surface area contributed by atoms with Crippen LogP contribution in [-0.2, 0) is 17.8 Å². The monoisotopic (exact) mass is 337 g/mol. The second kappa shape index (κ2) is 7.36. The fourth-order valence-electron chi connectivity index (χ4n) is 2.45. The third-order valence-corrected chi connectivity index (χ3v) is 4.90. The highest BCUT2D eigenvalue weighted by Gasteiger charge is 2.11. The average molecular weight is 337 g/mol. The third-order valence-electron chi connectivity index (χ3n) is 3.69. The molecule has 0 radical (unpaired) electrons. The van der Waals surface area contributed by atoms with Gasteiger partial charge in [-0.15, -0.1) is 11.3 Å². The Morgan fingerprint density at radius 2 is 2.08 bits per heavy atom. The lowest BCUT2D eigenvalue weighted by atomic mass is 10.1. The molecule has 5 heteroatoms. The molecular formula is C19H19N3OS. The molecule has 2 aromatic heterocycles. The Kier molecular flexibility index (Phi) is 5.01. The number of nitrogens with zero attached hydrogens (tertiary/aromatic N) is 2. The number of carbonyl (C=O) groups excluding carboxylic acids is 1. The smallest absolute Gasteiger partial charge is 0.224 e. The van der Waals surface area contributed by atoms with Crippen LogP contribution >= 0.6 is 11.3 Å². The molecule has 0 unspecified atom stereocenters. The summed E-state index contributed by atoms with van der Waals surface area (Å²) >= 11 is 1.60. The van der Waals surface area contributed by atoms with Crippen LogP contribution in [0.5, 0.6) is 0 Å². The minimum atomic E-state index is 0.0244. The summed E-state index contributed by atoms with van der Waals surface area (Å²) in [4.78, 5) is 21.9. The van der Waals surface area contributed by atoms with Crippen LogP contribution in [0.15, 0.2) is 48.8 Å². The second-order valence-corrected chi connectivity index (χ2v) is 6.80. The number of hydrogen-bond donors (Lipinski definition) is 1. The maximum Gasteiger partial charge on any atom is 0.224 e. The van der Waals surface area contributed by atoms with Gasteiger partial charge in [-0.25, -0.2) is 4.98 Å². The third kappa shape index (κ3) is 4.06. The van der Waals surface area contributed by atoms with Gasteiger partial charge < -0.3 is 5.32 Å². The molecule has 4 nitrogen and oxygen atoms in total. The normalized spacial score (nSPS) is 10.6. The lowest BCUT2D eigenvalue weighted by Gasteiger charge is -2.05. The van der Waals surface area contributed by atoms with Gasteiger partial charge >= 0.3 is 0 Å². The Labute approximate surface area is 145 Å². The van der Waals surface area contributed by atoms with E-state index < -0.39 is 0 Å². The van der Waals surface area contributed by atoms with Gasteiger partial charge in [-0.05, 0) is 31.5 Å². The predicted molar refractivity (Wildman–Crippen MR) is 96.8 cm³/mol. The van der Waals surface area contributed by atoms with E-state index in [-0.39, 0.29) is 5.91 Å². The standard InChI is InChI=1S/C19H19N3OS/c1-13-5-3-6-15(9-13)10-18(23)21-12-17-14(2)22-19(24-17)16-7-4-8-20-11-16/h3-9,11H,10,12H2,1-2H3,(H,21,23). The van der Waals surface area contributed by atoms with Gasteiger partial charge in [0.25, 0.3) is 0 Å². The van der Waals surface area contributed by atoms with Gasteiger partial charge in [0, 0.05) is 22.8 Å². The molecule has 1 N–H and O–H groups in total. The molecule has 0 bridgehead atoms. The van der Waals surface area contributed by atoms with Crippen LogP contribution in [0.1, 0.15) is 21.7 Å². The first-order valence-electron chi connectivity index (χ1n) is 7.81. The molecule has 3 aromatic rings. The van der Waals surface area contributed by atoms with Crippen molar-refractivity contribution in [2.75, 3.05) is 0 Å². The first-order chi connectivity index (χ1) is 11.6. The topological polar surface area (TPSA) is 54.9 Å². The SMILES string of the molecule is Cc1cccc(CC(=O)NCc2sc(-c3cccnc3)nc2C)c1. The number of aromatic nitrogens is 2. The number of pyridine rings is 1. The van der Waals surface area contributed by atoms with Crippen molar-refractivity contribution in [1.29, 1.82) is 0 Å². The first kappa shape index (κ1) is 16.3. The van der Waals surface area contributed by atoms with Gasteiger partial charge in [-0.2, -0.15) is 0 Å². The van der Waals surface area contributed by atoms with Gasteiger partial charge in [-0.1, -0.05) is 29.8 Å². The lowest BCUT2D eigenvalue weighted by molar-refractivity contribution is -0.120. The summed E-state index contributed by atoms with van der Waals surface area (Å²) in [6.07, 6.45) is 3.95. The van der Waals surface area contributed by atoms with Gasteiger partial charge in [0.1, 0.15) is 5.01 Å². The van der Waals surface area contributed by atoms with Crippen molar-refractivity contribution < 1.29 is 4.79 Å². The molecule has 0 aliphatic carbocycles. The van der Waals surface area contributed by atoms with Gasteiger partial charge in [0.2, 0.25) is 5.91 Å². The van der Waals surface area contributed by atoms with E-state index in [2.05, 4.69) is 15.3 Å². The average Bonchev–Trinajstić information content (AvgIpc) is 2.95. The summed E-state index contributed by atoms with van der Waals surface area (Å²) in [6, 6.07) is 11.9. The van der Waals surface area contributed by atoms with Crippen LogP contribution in [-0.4, -0.2) is 15.9 Å². The van der Waals surface area contributed by atoms with Crippen LogP contribution in [0.3, 0.4) is 0 Å². The number of rotatable bonds is 5. The highest BCUT2D eigenvalue weighted by molar-refractivity contribution is 7.15. The molecule has 0 saturated carbocycles. The second-order valence-electron chi connectivity index (χ2n) is 5.71. The Morgan fingerprint density at radius 1 is 1.21 bits per heavy atom. The molecule has 2 heterocycles. The van der Waals surface area contributed by atoms with Crippen LogP contribution in [0.25, 0.3) is 10.6 Å². The van der Waals surface area contributed by atoms with Crippen molar-refractivity contribution >= 4 is 17.2 Å². The molecule has 0 spiro atoms. The van der Waals surface area contributed by atoms with Crippen molar-refractivity contribution in [3.05, 3.63) is 70.5 Å². The van der Waals surface area contributed by atoms with Crippen molar-refractivity contribution in [2.24, 2.45) is 0 Å². The van der Waals surface area contributed by atoms with E-state index in [0.717, 1.165) is 26.7 Å². The maximum atomic E-state index is 12.1. The van der Waals surface area contributed by atoms with Crippen LogP contribution in [0, 0.1) is 13.8 Å². The molecule has 24 heavy (non-hydrogen) atoms. The largest absolute Gasteiger partial charge is 0.351 e. The molecule has 0 fully saturated rings. The number of nitrogens with one attached hydrogen (secondary N) is 1. The van der Waals surface area contributed by atoms with E-state index in [1.165, 1.54) is 5.56 Å². The number of benzene rings is 1. The zero-order valence-corrected chi connectivity index (χ0v) is 14.6. The van der Waals surface area contributed by atoms with Gasteiger partial charge in [-0.3, -0.25) is 9.78 Å². The predicted octanol–water partition coefficient (Wildman–Crippen LogP) is 3.68. The number of amides is 1. The summed E-state index contributed by atoms with van der Waals surface area (Å²) in [5, 5.41) is 3.92. The molecule has 0 saturated heterocycles. The number of carbonyl (C=O) groups is 1. The van der Waals surface area contributed by atoms with E-state index in [0.29, 0.717) is 13.0 Å². The van der Waals surface area contributed by atoms with E-state index >= 15 is 0 Å². The Morgan fingerprint density at radius 3 is 2.83 bits per heavy atom.